The van der Waals surface area contributed by atoms with E-state index < -0.39 is 31.7 Å². The Morgan fingerprint density at radius 3 is 1.95 bits per heavy atom. The average molecular weight is 356 g/mol. The number of alkyl halides is 3. The van der Waals surface area contributed by atoms with Crippen molar-refractivity contribution in [3.8, 4) is 11.5 Å². The van der Waals surface area contributed by atoms with Crippen LogP contribution >= 0.6 is 10.3 Å². The molecule has 1 aromatic carbocycles. The summed E-state index contributed by atoms with van der Waals surface area (Å²) in [6.07, 6.45) is 2.25. The summed E-state index contributed by atoms with van der Waals surface area (Å²) in [4.78, 5) is -0.127. The number of benzene rings is 1. The predicted octanol–water partition coefficient (Wildman–Crippen LogP) is 0.653. The molecule has 126 valence electrons. The van der Waals surface area contributed by atoms with Crippen molar-refractivity contribution in [3.63, 3.8) is 0 Å². The highest BCUT2D eigenvalue weighted by molar-refractivity contribution is 8.32. The van der Waals surface area contributed by atoms with Gasteiger partial charge in [0.1, 0.15) is 11.5 Å². The van der Waals surface area contributed by atoms with Crippen molar-refractivity contribution in [1.82, 2.24) is 0 Å². The molecule has 0 atom stereocenters. The largest absolute Gasteiger partial charge is 0.523 e. The number of hydrogen-bond donors (Lipinski definition) is 2. The minimum Gasteiger partial charge on any atom is -0.508 e. The Hall–Kier alpha value is -1.21. The molecule has 1 aromatic rings. The van der Waals surface area contributed by atoms with Crippen molar-refractivity contribution in [2.24, 2.45) is 0 Å². The first-order chi connectivity index (χ1) is 8.37. The Morgan fingerprint density at radius 1 is 1.10 bits per heavy atom. The number of hydrogen-bond acceptors (Lipinski definition) is 5. The first-order valence-corrected chi connectivity index (χ1v) is 8.43. The number of phenols is 2. The fourth-order valence-corrected chi connectivity index (χ4v) is 4.57. The summed E-state index contributed by atoms with van der Waals surface area (Å²) in [5.74, 6) is -0.854. The minimum atomic E-state index is -5.77. The second kappa shape index (κ2) is 6.70. The summed E-state index contributed by atoms with van der Waals surface area (Å²) >= 11 is 0. The van der Waals surface area contributed by atoms with E-state index in [-0.39, 0.29) is 21.6 Å². The summed E-state index contributed by atoms with van der Waals surface area (Å²) in [5, 5.41) is 18.6. The first-order valence-electron chi connectivity index (χ1n) is 4.64. The normalized spacial score (nSPS) is 13.0. The third-order valence-electron chi connectivity index (χ3n) is 2.02. The fraction of sp³-hybridized carbons (Fsp3) is 0.333. The highest BCUT2D eigenvalue weighted by Crippen LogP contribution is 2.56. The molecular formula is C9H15F3O7S2. The van der Waals surface area contributed by atoms with Gasteiger partial charge in [-0.2, -0.15) is 21.6 Å². The Balaban J connectivity index is 0. The monoisotopic (exact) mass is 356 g/mol. The zero-order chi connectivity index (χ0) is 15.1. The van der Waals surface area contributed by atoms with Gasteiger partial charge >= 0.3 is 15.6 Å². The summed E-state index contributed by atoms with van der Waals surface area (Å²) in [7, 11) is -8.68. The van der Waals surface area contributed by atoms with Crippen LogP contribution < -0.4 is 0 Å². The van der Waals surface area contributed by atoms with Crippen molar-refractivity contribution >= 4 is 20.4 Å². The van der Waals surface area contributed by atoms with Gasteiger partial charge in [0.05, 0.1) is 4.90 Å². The Bertz CT molecular complexity index is 583. The summed E-state index contributed by atoms with van der Waals surface area (Å²) in [6, 6.07) is 3.09. The van der Waals surface area contributed by atoms with Gasteiger partial charge in [-0.15, -0.1) is 0 Å². The van der Waals surface area contributed by atoms with Crippen LogP contribution in [0.15, 0.2) is 23.1 Å². The van der Waals surface area contributed by atoms with E-state index in [4.69, 9.17) is 5.11 Å². The van der Waals surface area contributed by atoms with Gasteiger partial charge in [-0.25, -0.2) is 3.63 Å². The molecule has 0 aliphatic carbocycles. The van der Waals surface area contributed by atoms with Crippen LogP contribution in [0.25, 0.3) is 0 Å². The third-order valence-corrected chi connectivity index (χ3v) is 6.06. The molecule has 0 aromatic heterocycles. The minimum absolute atomic E-state index is 0. The van der Waals surface area contributed by atoms with Crippen LogP contribution in [0.2, 0.25) is 0 Å². The van der Waals surface area contributed by atoms with E-state index in [0.29, 0.717) is 0 Å². The molecule has 0 saturated carbocycles. The first kappa shape index (κ1) is 22.1. The number of halogens is 3. The van der Waals surface area contributed by atoms with Gasteiger partial charge < -0.3 is 21.2 Å². The molecule has 6 N–H and O–H groups in total. The smallest absolute Gasteiger partial charge is 0.508 e. The molecule has 0 bridgehead atoms. The lowest BCUT2D eigenvalue weighted by Crippen LogP contribution is -2.26. The molecule has 7 nitrogen and oxygen atoms in total. The van der Waals surface area contributed by atoms with Gasteiger partial charge in [-0.3, -0.25) is 0 Å². The SMILES string of the molecule is CS(C)(OS(=O)(=O)C(F)(F)F)c1ccc(O)cc1O.O.O. The lowest BCUT2D eigenvalue weighted by atomic mass is 10.3. The molecule has 0 heterocycles. The molecule has 0 spiro atoms. The molecule has 0 amide bonds. The van der Waals surface area contributed by atoms with Crippen LogP contribution in [0.4, 0.5) is 13.2 Å². The van der Waals surface area contributed by atoms with Crippen molar-refractivity contribution in [2.45, 2.75) is 10.4 Å². The van der Waals surface area contributed by atoms with E-state index in [1.807, 2.05) is 0 Å². The standard InChI is InChI=1S/C9H11F3O5S2.2H2O/c1-18(2,17-19(15,16)9(10,11)12)8-4-3-6(13)5-7(8)14;;/h3-5,13-14H,1-2H3;2*1H2. The van der Waals surface area contributed by atoms with Crippen LogP contribution in [0.3, 0.4) is 0 Å². The maximum atomic E-state index is 12.2. The van der Waals surface area contributed by atoms with Gasteiger partial charge in [0.25, 0.3) is 0 Å². The average Bonchev–Trinajstić information content (AvgIpc) is 2.12. The van der Waals surface area contributed by atoms with Crippen LogP contribution in [0, 0.1) is 0 Å². The molecule has 0 unspecified atom stereocenters. The zero-order valence-electron chi connectivity index (χ0n) is 10.8. The van der Waals surface area contributed by atoms with Crippen LogP contribution in [-0.4, -0.2) is 47.6 Å². The molecule has 1 rings (SSSR count). The predicted molar refractivity (Wildman–Crippen MR) is 70.8 cm³/mol. The quantitative estimate of drug-likeness (QED) is 0.763. The highest BCUT2D eigenvalue weighted by atomic mass is 32.3. The van der Waals surface area contributed by atoms with Gasteiger partial charge in [-0.1, -0.05) is 10.3 Å². The van der Waals surface area contributed by atoms with E-state index in [1.54, 1.807) is 0 Å². The molecule has 0 aliphatic heterocycles. The number of aromatic hydroxyl groups is 2. The van der Waals surface area contributed by atoms with Crippen LogP contribution in [-0.2, 0) is 13.7 Å². The Morgan fingerprint density at radius 2 is 1.57 bits per heavy atom. The second-order valence-electron chi connectivity index (χ2n) is 3.85. The lowest BCUT2D eigenvalue weighted by molar-refractivity contribution is -0.0496. The van der Waals surface area contributed by atoms with Crippen molar-refractivity contribution in [2.75, 3.05) is 12.5 Å². The highest BCUT2D eigenvalue weighted by Gasteiger charge is 2.50. The maximum Gasteiger partial charge on any atom is 0.523 e. The fourth-order valence-electron chi connectivity index (χ4n) is 1.22. The molecule has 21 heavy (non-hydrogen) atoms. The van der Waals surface area contributed by atoms with Crippen LogP contribution in [0.1, 0.15) is 0 Å². The van der Waals surface area contributed by atoms with Gasteiger partial charge in [0.2, 0.25) is 0 Å². The second-order valence-corrected chi connectivity index (χ2v) is 8.67. The molecule has 12 heteroatoms. The van der Waals surface area contributed by atoms with E-state index in [0.717, 1.165) is 30.7 Å². The van der Waals surface area contributed by atoms with E-state index in [9.17, 15) is 26.7 Å². The van der Waals surface area contributed by atoms with Crippen molar-refractivity contribution < 1.29 is 46.4 Å². The number of phenolic OH excluding ortho intramolecular Hbond substituents is 2. The summed E-state index contributed by atoms with van der Waals surface area (Å²) < 4.78 is 62.8. The van der Waals surface area contributed by atoms with E-state index in [1.165, 1.54) is 0 Å². The van der Waals surface area contributed by atoms with Crippen LogP contribution in [0.5, 0.6) is 11.5 Å². The van der Waals surface area contributed by atoms with E-state index in [2.05, 4.69) is 3.63 Å². The number of rotatable bonds is 3. The Labute approximate surface area is 120 Å². The van der Waals surface area contributed by atoms with Gasteiger partial charge in [0.15, 0.2) is 0 Å². The Kier molecular flexibility index (Phi) is 7.04. The molecule has 0 radical (unpaired) electrons. The molecule has 0 saturated heterocycles. The van der Waals surface area contributed by atoms with Gasteiger partial charge in [0, 0.05) is 6.07 Å². The molecular weight excluding hydrogens is 341 g/mol. The lowest BCUT2D eigenvalue weighted by Gasteiger charge is -2.30. The van der Waals surface area contributed by atoms with E-state index >= 15 is 0 Å². The van der Waals surface area contributed by atoms with Gasteiger partial charge in [-0.05, 0) is 24.6 Å². The molecule has 0 aliphatic rings. The summed E-state index contributed by atoms with van der Waals surface area (Å²) in [5.41, 5.74) is -5.54. The zero-order valence-corrected chi connectivity index (χ0v) is 12.4. The molecule has 0 fully saturated rings. The summed E-state index contributed by atoms with van der Waals surface area (Å²) in [6.45, 7) is 0. The van der Waals surface area contributed by atoms with Crippen molar-refractivity contribution in [3.05, 3.63) is 18.2 Å². The topological polar surface area (TPSA) is 147 Å². The maximum absolute atomic E-state index is 12.2. The third kappa shape index (κ3) is 4.93. The van der Waals surface area contributed by atoms with Crippen molar-refractivity contribution in [1.29, 1.82) is 0 Å².